The molecule has 36 heavy (non-hydrogen) atoms. The predicted octanol–water partition coefficient (Wildman–Crippen LogP) is 6.80. The molecular weight excluding hydrogens is 522 g/mol. The number of hydrogen-bond acceptors (Lipinski definition) is 5. The Kier molecular flexibility index (Phi) is 6.58. The van der Waals surface area contributed by atoms with Gasteiger partial charge in [-0.05, 0) is 73.9 Å². The summed E-state index contributed by atoms with van der Waals surface area (Å²) in [7, 11) is 0. The van der Waals surface area contributed by atoms with Crippen LogP contribution in [0.1, 0.15) is 53.6 Å². The molecule has 3 aromatic carbocycles. The first-order chi connectivity index (χ1) is 17.4. The lowest BCUT2D eigenvalue weighted by Gasteiger charge is -2.26. The van der Waals surface area contributed by atoms with Crippen LogP contribution in [0.15, 0.2) is 74.3 Å². The monoisotopic (exact) mass is 547 g/mol. The molecule has 0 bridgehead atoms. The van der Waals surface area contributed by atoms with Crippen molar-refractivity contribution < 1.29 is 18.7 Å². The third-order valence-electron chi connectivity index (χ3n) is 6.16. The van der Waals surface area contributed by atoms with Gasteiger partial charge in [-0.3, -0.25) is 14.5 Å². The Balaban J connectivity index is 1.76. The van der Waals surface area contributed by atoms with Crippen LogP contribution in [0.5, 0.6) is 11.5 Å². The number of aryl methyl sites for hydroxylation is 1. The number of carbonyl (C=O) groups excluding carboxylic acids is 1. The number of ether oxygens (including phenoxy) is 2. The molecule has 1 aliphatic heterocycles. The number of halogens is 1. The molecular formula is C29H26BrNO5. The standard InChI is InChI=1S/C29H26BrNO5/c1-4-13-35-23-11-9-18(15-24(23)34-5-2)26-25-27(32)21-16-19(30)10-12-22(21)36-28(25)29(33)31(26)20-8-6-7-17(3)14-20/h6-12,14-16,26H,4-5,13H2,1-3H3. The number of nitrogens with zero attached hydrogens (tertiary/aromatic N) is 1. The van der Waals surface area contributed by atoms with Crippen LogP contribution in [0.4, 0.5) is 5.69 Å². The van der Waals surface area contributed by atoms with Crippen molar-refractivity contribution in [3.63, 3.8) is 0 Å². The van der Waals surface area contributed by atoms with E-state index in [0.717, 1.165) is 22.0 Å². The summed E-state index contributed by atoms with van der Waals surface area (Å²) in [6, 6.07) is 17.8. The summed E-state index contributed by atoms with van der Waals surface area (Å²) in [5.74, 6) is 0.905. The fourth-order valence-electron chi connectivity index (χ4n) is 4.60. The maximum Gasteiger partial charge on any atom is 0.295 e. The van der Waals surface area contributed by atoms with Gasteiger partial charge in [-0.2, -0.15) is 0 Å². The van der Waals surface area contributed by atoms with E-state index < -0.39 is 6.04 Å². The summed E-state index contributed by atoms with van der Waals surface area (Å²) in [5.41, 5.74) is 2.88. The summed E-state index contributed by atoms with van der Waals surface area (Å²) in [6.07, 6.45) is 0.864. The molecule has 2 heterocycles. The highest BCUT2D eigenvalue weighted by Crippen LogP contribution is 2.43. The molecule has 0 fully saturated rings. The Morgan fingerprint density at radius 3 is 2.56 bits per heavy atom. The van der Waals surface area contributed by atoms with Gasteiger partial charge in [0.1, 0.15) is 5.58 Å². The molecule has 1 unspecified atom stereocenters. The van der Waals surface area contributed by atoms with Crippen LogP contribution in [0.25, 0.3) is 11.0 Å². The second-order valence-electron chi connectivity index (χ2n) is 8.72. The number of hydrogen-bond donors (Lipinski definition) is 0. The fourth-order valence-corrected chi connectivity index (χ4v) is 4.96. The Morgan fingerprint density at radius 2 is 1.81 bits per heavy atom. The van der Waals surface area contributed by atoms with Gasteiger partial charge in [0.25, 0.3) is 5.91 Å². The minimum Gasteiger partial charge on any atom is -0.490 e. The molecule has 0 aliphatic carbocycles. The lowest BCUT2D eigenvalue weighted by molar-refractivity contribution is 0.0971. The van der Waals surface area contributed by atoms with E-state index in [1.165, 1.54) is 0 Å². The SMILES string of the molecule is CCCOc1ccc(C2c3c(oc4ccc(Br)cc4c3=O)C(=O)N2c2cccc(C)c2)cc1OCC. The minimum absolute atomic E-state index is 0.0607. The van der Waals surface area contributed by atoms with Gasteiger partial charge in [-0.15, -0.1) is 0 Å². The number of anilines is 1. The van der Waals surface area contributed by atoms with E-state index in [9.17, 15) is 9.59 Å². The van der Waals surface area contributed by atoms with E-state index in [2.05, 4.69) is 15.9 Å². The largest absolute Gasteiger partial charge is 0.490 e. The number of benzene rings is 3. The van der Waals surface area contributed by atoms with E-state index in [-0.39, 0.29) is 17.1 Å². The molecule has 0 N–H and O–H groups in total. The summed E-state index contributed by atoms with van der Waals surface area (Å²) < 4.78 is 18.6. The van der Waals surface area contributed by atoms with Gasteiger partial charge in [0, 0.05) is 10.2 Å². The third-order valence-corrected chi connectivity index (χ3v) is 6.65. The molecule has 4 aromatic rings. The lowest BCUT2D eigenvalue weighted by atomic mass is 9.97. The third kappa shape index (κ3) is 4.17. The molecule has 0 saturated carbocycles. The smallest absolute Gasteiger partial charge is 0.295 e. The van der Waals surface area contributed by atoms with Crippen molar-refractivity contribution in [2.24, 2.45) is 0 Å². The summed E-state index contributed by atoms with van der Waals surface area (Å²) >= 11 is 3.44. The maximum atomic E-state index is 13.8. The van der Waals surface area contributed by atoms with Crippen LogP contribution in [-0.2, 0) is 0 Å². The first-order valence-corrected chi connectivity index (χ1v) is 12.8. The van der Waals surface area contributed by atoms with Crippen LogP contribution in [-0.4, -0.2) is 19.1 Å². The highest BCUT2D eigenvalue weighted by atomic mass is 79.9. The number of fused-ring (bicyclic) bond motifs is 2. The van der Waals surface area contributed by atoms with Crippen molar-refractivity contribution in [2.75, 3.05) is 18.1 Å². The molecule has 184 valence electrons. The van der Waals surface area contributed by atoms with Crippen molar-refractivity contribution >= 4 is 38.5 Å². The van der Waals surface area contributed by atoms with E-state index in [1.807, 2.05) is 63.2 Å². The van der Waals surface area contributed by atoms with Crippen LogP contribution in [0.3, 0.4) is 0 Å². The number of carbonyl (C=O) groups is 1. The molecule has 1 aromatic heterocycles. The molecule has 1 amide bonds. The average Bonchev–Trinajstić information content (AvgIpc) is 3.16. The minimum atomic E-state index is -0.687. The summed E-state index contributed by atoms with van der Waals surface area (Å²) in [5, 5.41) is 0.417. The Bertz CT molecular complexity index is 1530. The zero-order valence-electron chi connectivity index (χ0n) is 20.3. The Hall–Kier alpha value is -3.58. The molecule has 1 atom stereocenters. The molecule has 0 radical (unpaired) electrons. The fraction of sp³-hybridized carbons (Fsp3) is 0.241. The lowest BCUT2D eigenvalue weighted by Crippen LogP contribution is -2.29. The second-order valence-corrected chi connectivity index (χ2v) is 9.63. The summed E-state index contributed by atoms with van der Waals surface area (Å²) in [6.45, 7) is 6.92. The van der Waals surface area contributed by atoms with E-state index in [1.54, 1.807) is 23.1 Å². The number of amides is 1. The first-order valence-electron chi connectivity index (χ1n) is 12.0. The molecule has 7 heteroatoms. The quantitative estimate of drug-likeness (QED) is 0.254. The normalized spacial score (nSPS) is 14.8. The van der Waals surface area contributed by atoms with Crippen molar-refractivity contribution in [3.05, 3.63) is 97.8 Å². The zero-order valence-corrected chi connectivity index (χ0v) is 21.9. The van der Waals surface area contributed by atoms with Gasteiger partial charge in [0.2, 0.25) is 5.76 Å². The van der Waals surface area contributed by atoms with Crippen LogP contribution < -0.4 is 19.8 Å². The molecule has 0 saturated heterocycles. The van der Waals surface area contributed by atoms with Crippen molar-refractivity contribution in [2.45, 2.75) is 33.2 Å². The van der Waals surface area contributed by atoms with Crippen LogP contribution >= 0.6 is 15.9 Å². The predicted molar refractivity (Wildman–Crippen MR) is 143 cm³/mol. The van der Waals surface area contributed by atoms with Crippen LogP contribution in [0.2, 0.25) is 0 Å². The maximum absolute atomic E-state index is 13.8. The Morgan fingerprint density at radius 1 is 0.972 bits per heavy atom. The molecule has 0 spiro atoms. The van der Waals surface area contributed by atoms with Gasteiger partial charge in [0.05, 0.1) is 30.2 Å². The van der Waals surface area contributed by atoms with Crippen molar-refractivity contribution in [1.82, 2.24) is 0 Å². The van der Waals surface area contributed by atoms with E-state index >= 15 is 0 Å². The van der Waals surface area contributed by atoms with Gasteiger partial charge in [-0.1, -0.05) is 41.1 Å². The highest BCUT2D eigenvalue weighted by molar-refractivity contribution is 9.10. The van der Waals surface area contributed by atoms with Gasteiger partial charge >= 0.3 is 0 Å². The highest BCUT2D eigenvalue weighted by Gasteiger charge is 2.44. The average molecular weight is 548 g/mol. The zero-order chi connectivity index (χ0) is 25.4. The van der Waals surface area contributed by atoms with Crippen molar-refractivity contribution in [1.29, 1.82) is 0 Å². The molecule has 6 nitrogen and oxygen atoms in total. The van der Waals surface area contributed by atoms with Gasteiger partial charge < -0.3 is 13.9 Å². The molecule has 1 aliphatic rings. The van der Waals surface area contributed by atoms with Crippen molar-refractivity contribution in [3.8, 4) is 11.5 Å². The van der Waals surface area contributed by atoms with E-state index in [4.69, 9.17) is 13.9 Å². The van der Waals surface area contributed by atoms with E-state index in [0.29, 0.717) is 46.9 Å². The number of rotatable bonds is 7. The Labute approximate surface area is 217 Å². The second kappa shape index (κ2) is 9.82. The summed E-state index contributed by atoms with van der Waals surface area (Å²) in [4.78, 5) is 29.3. The first kappa shape index (κ1) is 24.1. The van der Waals surface area contributed by atoms with Gasteiger partial charge in [0.15, 0.2) is 16.9 Å². The molecule has 5 rings (SSSR count). The van der Waals surface area contributed by atoms with Crippen LogP contribution in [0, 0.1) is 6.92 Å². The van der Waals surface area contributed by atoms with Gasteiger partial charge in [-0.25, -0.2) is 0 Å². The topological polar surface area (TPSA) is 69.0 Å².